The van der Waals surface area contributed by atoms with Crippen LogP contribution in [0.5, 0.6) is 0 Å². The molecule has 0 aliphatic heterocycles. The van der Waals surface area contributed by atoms with Gasteiger partial charge in [-0.3, -0.25) is 0 Å². The molecule has 1 aliphatic carbocycles. The summed E-state index contributed by atoms with van der Waals surface area (Å²) >= 11 is 0. The van der Waals surface area contributed by atoms with Gasteiger partial charge in [0.05, 0.1) is 0 Å². The Morgan fingerprint density at radius 3 is 2.92 bits per heavy atom. The van der Waals surface area contributed by atoms with Crippen molar-refractivity contribution in [3.8, 4) is 0 Å². The van der Waals surface area contributed by atoms with Gasteiger partial charge in [-0.05, 0) is 55.2 Å². The molecule has 4 rings (SSSR count). The van der Waals surface area contributed by atoms with Crippen molar-refractivity contribution in [3.63, 3.8) is 0 Å². The summed E-state index contributed by atoms with van der Waals surface area (Å²) in [4.78, 5) is 16.5. The molecule has 1 heterocycles. The molecule has 128 valence electrons. The summed E-state index contributed by atoms with van der Waals surface area (Å²) in [6.07, 6.45) is 2.83. The maximum absolute atomic E-state index is 13.1. The maximum Gasteiger partial charge on any atom is 0.319 e. The van der Waals surface area contributed by atoms with Crippen molar-refractivity contribution in [2.45, 2.75) is 25.2 Å². The first-order valence-corrected chi connectivity index (χ1v) is 8.37. The first-order chi connectivity index (χ1) is 12.2. The third kappa shape index (κ3) is 3.79. The van der Waals surface area contributed by atoms with Crippen molar-refractivity contribution in [1.82, 2.24) is 10.3 Å². The van der Waals surface area contributed by atoms with E-state index in [1.807, 2.05) is 12.1 Å². The van der Waals surface area contributed by atoms with Crippen LogP contribution in [0, 0.1) is 5.82 Å². The average molecular weight is 339 g/mol. The zero-order chi connectivity index (χ0) is 17.2. The third-order valence-corrected chi connectivity index (χ3v) is 4.18. The van der Waals surface area contributed by atoms with Crippen LogP contribution in [0.15, 0.2) is 46.9 Å². The molecule has 1 saturated carbocycles. The summed E-state index contributed by atoms with van der Waals surface area (Å²) in [5.41, 5.74) is 2.99. The van der Waals surface area contributed by atoms with Crippen molar-refractivity contribution < 1.29 is 13.6 Å². The van der Waals surface area contributed by atoms with Gasteiger partial charge in [0, 0.05) is 18.2 Å². The van der Waals surface area contributed by atoms with E-state index in [1.54, 1.807) is 18.2 Å². The number of halogens is 1. The van der Waals surface area contributed by atoms with Crippen LogP contribution in [0.1, 0.15) is 30.2 Å². The molecule has 0 radical (unpaired) electrons. The van der Waals surface area contributed by atoms with Gasteiger partial charge in [-0.25, -0.2) is 14.2 Å². The SMILES string of the molecule is O=C(NCCc1cccc(F)c1)Nc1ccc2oc(C3CC3)nc2c1. The lowest BCUT2D eigenvalue weighted by Gasteiger charge is -2.07. The maximum atomic E-state index is 13.1. The smallest absolute Gasteiger partial charge is 0.319 e. The Bertz CT molecular complexity index is 918. The molecule has 0 unspecified atom stereocenters. The number of amides is 2. The van der Waals surface area contributed by atoms with E-state index in [0.717, 1.165) is 35.4 Å². The lowest BCUT2D eigenvalue weighted by Crippen LogP contribution is -2.30. The number of benzene rings is 2. The molecule has 1 aliphatic rings. The lowest BCUT2D eigenvalue weighted by atomic mass is 10.1. The highest BCUT2D eigenvalue weighted by molar-refractivity contribution is 5.91. The fourth-order valence-electron chi connectivity index (χ4n) is 2.72. The number of carbonyl (C=O) groups excluding carboxylic acids is 1. The van der Waals surface area contributed by atoms with Gasteiger partial charge in [0.15, 0.2) is 11.5 Å². The predicted octanol–water partition coefficient (Wildman–Crippen LogP) is 4.21. The Morgan fingerprint density at radius 2 is 2.12 bits per heavy atom. The zero-order valence-corrected chi connectivity index (χ0v) is 13.6. The lowest BCUT2D eigenvalue weighted by molar-refractivity contribution is 0.252. The zero-order valence-electron chi connectivity index (χ0n) is 13.6. The highest BCUT2D eigenvalue weighted by atomic mass is 19.1. The van der Waals surface area contributed by atoms with Crippen molar-refractivity contribution in [3.05, 3.63) is 59.7 Å². The molecule has 0 spiro atoms. The van der Waals surface area contributed by atoms with Crippen molar-refractivity contribution in [2.24, 2.45) is 0 Å². The van der Waals surface area contributed by atoms with Crippen LogP contribution < -0.4 is 10.6 Å². The molecule has 5 nitrogen and oxygen atoms in total. The minimum absolute atomic E-state index is 0.270. The Morgan fingerprint density at radius 1 is 1.24 bits per heavy atom. The number of aromatic nitrogens is 1. The van der Waals surface area contributed by atoms with Crippen molar-refractivity contribution in [1.29, 1.82) is 0 Å². The Balaban J connectivity index is 1.33. The number of hydrogen-bond donors (Lipinski definition) is 2. The van der Waals surface area contributed by atoms with E-state index in [9.17, 15) is 9.18 Å². The number of nitrogens with zero attached hydrogens (tertiary/aromatic N) is 1. The standard InChI is InChI=1S/C19H18FN3O2/c20-14-3-1-2-12(10-14)8-9-21-19(24)22-15-6-7-17-16(11-15)23-18(25-17)13-4-5-13/h1-3,6-7,10-11,13H,4-5,8-9H2,(H2,21,22,24). The molecule has 0 saturated heterocycles. The summed E-state index contributed by atoms with van der Waals surface area (Å²) in [7, 11) is 0. The van der Waals surface area contributed by atoms with Gasteiger partial charge >= 0.3 is 6.03 Å². The predicted molar refractivity (Wildman–Crippen MR) is 93.1 cm³/mol. The molecule has 2 aromatic carbocycles. The molecular formula is C19H18FN3O2. The van der Waals surface area contributed by atoms with Gasteiger partial charge in [-0.1, -0.05) is 12.1 Å². The second kappa shape index (κ2) is 6.55. The quantitative estimate of drug-likeness (QED) is 0.732. The number of anilines is 1. The molecule has 0 atom stereocenters. The highest BCUT2D eigenvalue weighted by Gasteiger charge is 2.28. The van der Waals surface area contributed by atoms with Crippen LogP contribution in [0.25, 0.3) is 11.1 Å². The first-order valence-electron chi connectivity index (χ1n) is 8.37. The summed E-state index contributed by atoms with van der Waals surface area (Å²) in [6, 6.07) is 11.5. The fraction of sp³-hybridized carbons (Fsp3) is 0.263. The summed E-state index contributed by atoms with van der Waals surface area (Å²) in [5, 5.41) is 5.54. The first kappa shape index (κ1) is 15.6. The molecular weight excluding hydrogens is 321 g/mol. The van der Waals surface area contributed by atoms with Crippen LogP contribution in [-0.2, 0) is 6.42 Å². The minimum atomic E-state index is -0.304. The Hall–Kier alpha value is -2.89. The third-order valence-electron chi connectivity index (χ3n) is 4.18. The van der Waals surface area contributed by atoms with E-state index >= 15 is 0 Å². The molecule has 2 amide bonds. The number of fused-ring (bicyclic) bond motifs is 1. The summed E-state index contributed by atoms with van der Waals surface area (Å²) < 4.78 is 18.8. The largest absolute Gasteiger partial charge is 0.440 e. The normalized spacial score (nSPS) is 13.8. The van der Waals surface area contributed by atoms with Gasteiger partial charge in [0.25, 0.3) is 0 Å². The Labute approximate surface area is 144 Å². The average Bonchev–Trinajstić information content (AvgIpc) is 3.35. The van der Waals surface area contributed by atoms with Gasteiger partial charge in [0.1, 0.15) is 11.3 Å². The number of oxazole rings is 1. The summed E-state index contributed by atoms with van der Waals surface area (Å²) in [5.74, 6) is 0.968. The van der Waals surface area contributed by atoms with Gasteiger partial charge in [-0.2, -0.15) is 0 Å². The van der Waals surface area contributed by atoms with E-state index in [2.05, 4.69) is 15.6 Å². The number of carbonyl (C=O) groups is 1. The van der Waals surface area contributed by atoms with Crippen LogP contribution in [0.4, 0.5) is 14.9 Å². The Kier molecular flexibility index (Phi) is 4.09. The van der Waals surface area contributed by atoms with Crippen LogP contribution >= 0.6 is 0 Å². The molecule has 2 N–H and O–H groups in total. The topological polar surface area (TPSA) is 67.2 Å². The van der Waals surface area contributed by atoms with Crippen molar-refractivity contribution >= 4 is 22.8 Å². The van der Waals surface area contributed by atoms with Gasteiger partial charge < -0.3 is 15.1 Å². The minimum Gasteiger partial charge on any atom is -0.440 e. The molecule has 1 fully saturated rings. The van der Waals surface area contributed by atoms with Crippen LogP contribution in [0.3, 0.4) is 0 Å². The van der Waals surface area contributed by atoms with Crippen LogP contribution in [0.2, 0.25) is 0 Å². The second-order valence-corrected chi connectivity index (χ2v) is 6.27. The molecule has 6 heteroatoms. The van der Waals surface area contributed by atoms with E-state index in [4.69, 9.17) is 4.42 Å². The number of rotatable bonds is 5. The summed E-state index contributed by atoms with van der Waals surface area (Å²) in [6.45, 7) is 0.424. The molecule has 3 aromatic rings. The number of urea groups is 1. The van der Waals surface area contributed by atoms with E-state index < -0.39 is 0 Å². The van der Waals surface area contributed by atoms with E-state index in [1.165, 1.54) is 12.1 Å². The van der Waals surface area contributed by atoms with Gasteiger partial charge in [0.2, 0.25) is 0 Å². The number of hydrogen-bond acceptors (Lipinski definition) is 3. The van der Waals surface area contributed by atoms with Gasteiger partial charge in [-0.15, -0.1) is 0 Å². The van der Waals surface area contributed by atoms with E-state index in [-0.39, 0.29) is 11.8 Å². The molecule has 25 heavy (non-hydrogen) atoms. The number of nitrogens with one attached hydrogen (secondary N) is 2. The highest BCUT2D eigenvalue weighted by Crippen LogP contribution is 2.40. The second-order valence-electron chi connectivity index (χ2n) is 6.27. The van der Waals surface area contributed by atoms with E-state index in [0.29, 0.717) is 24.6 Å². The fourth-order valence-corrected chi connectivity index (χ4v) is 2.72. The molecule has 1 aromatic heterocycles. The monoisotopic (exact) mass is 339 g/mol. The van der Waals surface area contributed by atoms with Crippen molar-refractivity contribution in [2.75, 3.05) is 11.9 Å². The molecule has 0 bridgehead atoms. The van der Waals surface area contributed by atoms with Crippen LogP contribution in [-0.4, -0.2) is 17.6 Å².